The highest BCUT2D eigenvalue weighted by atomic mass is 16.5. The van der Waals surface area contributed by atoms with Gasteiger partial charge >= 0.3 is 5.69 Å². The molecule has 3 rings (SSSR count). The number of nitrogens with zero attached hydrogens (tertiary/aromatic N) is 3. The van der Waals surface area contributed by atoms with E-state index in [1.165, 1.54) is 29.1 Å². The Morgan fingerprint density at radius 1 is 1.32 bits per heavy atom. The number of nitrogens with two attached hydrogens (primary N) is 1. The predicted molar refractivity (Wildman–Crippen MR) is 98.9 cm³/mol. The lowest BCUT2D eigenvalue weighted by molar-refractivity contribution is -0.134. The van der Waals surface area contributed by atoms with Gasteiger partial charge in [-0.1, -0.05) is 0 Å². The molecule has 2 amide bonds. The number of carbonyl (C=O) groups excluding carboxylic acids is 2. The summed E-state index contributed by atoms with van der Waals surface area (Å²) in [5.74, 6) is -0.259. The molecule has 1 unspecified atom stereocenters. The maximum atomic E-state index is 12.5. The number of amides is 2. The summed E-state index contributed by atoms with van der Waals surface area (Å²) in [7, 11) is 0. The number of hydrogen-bond donors (Lipinski definition) is 2. The summed E-state index contributed by atoms with van der Waals surface area (Å²) in [4.78, 5) is 54.2. The molecule has 1 saturated heterocycles. The molecule has 0 spiro atoms. The van der Waals surface area contributed by atoms with Crippen LogP contribution in [0, 0.1) is 0 Å². The molecular weight excluding hydrogens is 366 g/mol. The highest BCUT2D eigenvalue weighted by Crippen LogP contribution is 2.19. The van der Waals surface area contributed by atoms with Crippen molar-refractivity contribution in [1.29, 1.82) is 0 Å². The molecule has 148 valence electrons. The van der Waals surface area contributed by atoms with E-state index >= 15 is 0 Å². The van der Waals surface area contributed by atoms with Crippen LogP contribution < -0.4 is 21.7 Å². The molecule has 3 heterocycles. The average Bonchev–Trinajstić information content (AvgIpc) is 2.67. The van der Waals surface area contributed by atoms with Crippen LogP contribution in [0.5, 0.6) is 5.75 Å². The molecule has 0 aromatic carbocycles. The Kier molecular flexibility index (Phi) is 5.87. The molecule has 10 heteroatoms. The van der Waals surface area contributed by atoms with Gasteiger partial charge in [0.1, 0.15) is 17.5 Å². The van der Waals surface area contributed by atoms with Crippen LogP contribution in [0.25, 0.3) is 0 Å². The van der Waals surface area contributed by atoms with Gasteiger partial charge in [-0.3, -0.25) is 24.4 Å². The van der Waals surface area contributed by atoms with Crippen LogP contribution in [0.3, 0.4) is 0 Å². The Morgan fingerprint density at radius 3 is 2.89 bits per heavy atom. The van der Waals surface area contributed by atoms with Gasteiger partial charge in [0, 0.05) is 44.0 Å². The number of ether oxygens (including phenoxy) is 1. The molecular formula is C18H21N5O5. The first kappa shape index (κ1) is 19.3. The third-order valence-electron chi connectivity index (χ3n) is 4.48. The Bertz CT molecular complexity index is 983. The van der Waals surface area contributed by atoms with Gasteiger partial charge in [-0.15, -0.1) is 0 Å². The van der Waals surface area contributed by atoms with E-state index in [0.29, 0.717) is 18.8 Å². The van der Waals surface area contributed by atoms with Gasteiger partial charge < -0.3 is 19.9 Å². The van der Waals surface area contributed by atoms with Crippen molar-refractivity contribution >= 4 is 11.8 Å². The summed E-state index contributed by atoms with van der Waals surface area (Å²) in [5, 5.41) is 0. The van der Waals surface area contributed by atoms with Crippen LogP contribution in [-0.2, 0) is 11.3 Å². The molecule has 3 N–H and O–H groups in total. The summed E-state index contributed by atoms with van der Waals surface area (Å²) in [5.41, 5.74) is 4.33. The van der Waals surface area contributed by atoms with E-state index in [2.05, 4.69) is 9.97 Å². The molecule has 0 radical (unpaired) electrons. The molecule has 10 nitrogen and oxygen atoms in total. The van der Waals surface area contributed by atoms with Gasteiger partial charge in [0.05, 0.1) is 6.54 Å². The number of rotatable bonds is 6. The Hall–Kier alpha value is -3.43. The van der Waals surface area contributed by atoms with E-state index in [1.54, 1.807) is 11.0 Å². The monoisotopic (exact) mass is 387 g/mol. The molecule has 2 aromatic rings. The van der Waals surface area contributed by atoms with Crippen LogP contribution in [0.2, 0.25) is 0 Å². The second kappa shape index (κ2) is 8.51. The summed E-state index contributed by atoms with van der Waals surface area (Å²) < 4.78 is 7.18. The second-order valence-corrected chi connectivity index (χ2v) is 6.52. The highest BCUT2D eigenvalue weighted by molar-refractivity contribution is 5.91. The molecule has 0 bridgehead atoms. The van der Waals surface area contributed by atoms with Crippen LogP contribution >= 0.6 is 0 Å². The van der Waals surface area contributed by atoms with Crippen molar-refractivity contribution < 1.29 is 14.3 Å². The van der Waals surface area contributed by atoms with Crippen LogP contribution in [-0.4, -0.2) is 50.4 Å². The number of aromatic nitrogens is 3. The van der Waals surface area contributed by atoms with Gasteiger partial charge in [-0.25, -0.2) is 4.79 Å². The number of H-pyrrole nitrogens is 1. The van der Waals surface area contributed by atoms with Gasteiger partial charge in [-0.2, -0.15) is 0 Å². The SMILES string of the molecule is NC(=O)c1cc(OC2CCCN(C(=O)CCn3ccc(=O)[nH]c3=O)C2)ccn1. The normalized spacial score (nSPS) is 16.6. The molecule has 2 aromatic heterocycles. The number of piperidine rings is 1. The molecule has 0 aliphatic carbocycles. The van der Waals surface area contributed by atoms with Gasteiger partial charge in [0.25, 0.3) is 11.5 Å². The zero-order valence-corrected chi connectivity index (χ0v) is 15.2. The van der Waals surface area contributed by atoms with E-state index in [4.69, 9.17) is 10.5 Å². The Morgan fingerprint density at radius 2 is 2.14 bits per heavy atom. The fourth-order valence-electron chi connectivity index (χ4n) is 3.07. The summed E-state index contributed by atoms with van der Waals surface area (Å²) >= 11 is 0. The number of aromatic amines is 1. The average molecular weight is 387 g/mol. The molecule has 1 aliphatic heterocycles. The molecule has 1 atom stereocenters. The first-order valence-electron chi connectivity index (χ1n) is 8.92. The van der Waals surface area contributed by atoms with Gasteiger partial charge in [0.2, 0.25) is 5.91 Å². The molecule has 28 heavy (non-hydrogen) atoms. The van der Waals surface area contributed by atoms with E-state index in [-0.39, 0.29) is 30.7 Å². The fraction of sp³-hybridized carbons (Fsp3) is 0.389. The van der Waals surface area contributed by atoms with Crippen molar-refractivity contribution in [3.8, 4) is 5.75 Å². The van der Waals surface area contributed by atoms with E-state index in [0.717, 1.165) is 12.8 Å². The van der Waals surface area contributed by atoms with Gasteiger partial charge in [0.15, 0.2) is 0 Å². The molecule has 0 saturated carbocycles. The Labute approximate surface area is 159 Å². The maximum Gasteiger partial charge on any atom is 0.328 e. The van der Waals surface area contributed by atoms with Crippen molar-refractivity contribution in [3.05, 3.63) is 57.1 Å². The maximum absolute atomic E-state index is 12.5. The number of carbonyl (C=O) groups is 2. The fourth-order valence-corrected chi connectivity index (χ4v) is 3.07. The Balaban J connectivity index is 1.57. The minimum Gasteiger partial charge on any atom is -0.488 e. The predicted octanol–water partition coefficient (Wildman–Crippen LogP) is -0.509. The lowest BCUT2D eigenvalue weighted by atomic mass is 10.1. The molecule has 1 fully saturated rings. The lowest BCUT2D eigenvalue weighted by Gasteiger charge is -2.33. The van der Waals surface area contributed by atoms with E-state index < -0.39 is 17.2 Å². The lowest BCUT2D eigenvalue weighted by Crippen LogP contribution is -2.44. The summed E-state index contributed by atoms with van der Waals surface area (Å²) in [6.45, 7) is 1.21. The number of primary amides is 1. The van der Waals surface area contributed by atoms with Crippen LogP contribution in [0.15, 0.2) is 40.2 Å². The zero-order chi connectivity index (χ0) is 20.1. The number of aryl methyl sites for hydroxylation is 1. The first-order chi connectivity index (χ1) is 13.4. The van der Waals surface area contributed by atoms with Gasteiger partial charge in [-0.05, 0) is 18.9 Å². The van der Waals surface area contributed by atoms with Crippen molar-refractivity contribution in [3.63, 3.8) is 0 Å². The molecule has 1 aliphatic rings. The van der Waals surface area contributed by atoms with E-state index in [9.17, 15) is 19.2 Å². The van der Waals surface area contributed by atoms with Crippen molar-refractivity contribution in [2.24, 2.45) is 5.73 Å². The topological polar surface area (TPSA) is 140 Å². The number of pyridine rings is 1. The minimum atomic E-state index is -0.636. The van der Waals surface area contributed by atoms with Crippen LogP contribution in [0.4, 0.5) is 0 Å². The quantitative estimate of drug-likeness (QED) is 0.684. The smallest absolute Gasteiger partial charge is 0.328 e. The van der Waals surface area contributed by atoms with Crippen molar-refractivity contribution in [1.82, 2.24) is 19.4 Å². The highest BCUT2D eigenvalue weighted by Gasteiger charge is 2.25. The van der Waals surface area contributed by atoms with Crippen LogP contribution in [0.1, 0.15) is 29.8 Å². The zero-order valence-electron chi connectivity index (χ0n) is 15.2. The third kappa shape index (κ3) is 4.84. The van der Waals surface area contributed by atoms with E-state index in [1.807, 2.05) is 0 Å². The van der Waals surface area contributed by atoms with Crippen molar-refractivity contribution in [2.45, 2.75) is 31.9 Å². The number of hydrogen-bond acceptors (Lipinski definition) is 6. The summed E-state index contributed by atoms with van der Waals surface area (Å²) in [6.07, 6.45) is 4.30. The summed E-state index contributed by atoms with van der Waals surface area (Å²) in [6, 6.07) is 4.35. The van der Waals surface area contributed by atoms with Crippen molar-refractivity contribution in [2.75, 3.05) is 13.1 Å². The standard InChI is InChI=1S/C18H21N5O5/c19-17(26)14-10-12(3-6-20-14)28-13-2-1-7-23(11-13)16(25)5-9-22-8-4-15(24)21-18(22)27/h3-4,6,8,10,13H,1-2,5,7,9,11H2,(H2,19,26)(H,21,24,27). The first-order valence-corrected chi connectivity index (χ1v) is 8.92. The second-order valence-electron chi connectivity index (χ2n) is 6.52. The third-order valence-corrected chi connectivity index (χ3v) is 4.48. The number of nitrogens with one attached hydrogen (secondary N) is 1. The number of likely N-dealkylation sites (tertiary alicyclic amines) is 1. The minimum absolute atomic E-state index is 0.0982. The largest absolute Gasteiger partial charge is 0.488 e.